The minimum Gasteiger partial charge on any atom is -0.396 e. The average molecular weight is 233 g/mol. The lowest BCUT2D eigenvalue weighted by Gasteiger charge is -2.36. The maximum Gasteiger partial charge on any atom is 0.0443 e. The SMILES string of the molecule is CC(C)N(CCCO)CC1Cc2ccccc21. The molecule has 2 heteroatoms. The van der Waals surface area contributed by atoms with Gasteiger partial charge in [0.05, 0.1) is 0 Å². The highest BCUT2D eigenvalue weighted by Crippen LogP contribution is 2.35. The van der Waals surface area contributed by atoms with E-state index in [1.807, 2.05) is 0 Å². The van der Waals surface area contributed by atoms with E-state index in [1.54, 1.807) is 0 Å². The molecule has 0 saturated carbocycles. The molecule has 0 fully saturated rings. The summed E-state index contributed by atoms with van der Waals surface area (Å²) < 4.78 is 0. The Labute approximate surface area is 104 Å². The van der Waals surface area contributed by atoms with Crippen LogP contribution in [0.3, 0.4) is 0 Å². The smallest absolute Gasteiger partial charge is 0.0443 e. The minimum absolute atomic E-state index is 0.296. The molecule has 1 aliphatic rings. The van der Waals surface area contributed by atoms with Crippen molar-refractivity contribution >= 4 is 0 Å². The Balaban J connectivity index is 1.92. The molecular weight excluding hydrogens is 210 g/mol. The Hall–Kier alpha value is -0.860. The lowest BCUT2D eigenvalue weighted by atomic mass is 9.77. The number of rotatable bonds is 6. The number of hydrogen-bond acceptors (Lipinski definition) is 2. The van der Waals surface area contributed by atoms with E-state index in [-0.39, 0.29) is 0 Å². The molecule has 94 valence electrons. The van der Waals surface area contributed by atoms with Gasteiger partial charge in [-0.05, 0) is 37.8 Å². The number of hydrogen-bond donors (Lipinski definition) is 1. The van der Waals surface area contributed by atoms with Crippen LogP contribution in [0.2, 0.25) is 0 Å². The molecule has 17 heavy (non-hydrogen) atoms. The molecule has 1 aromatic rings. The van der Waals surface area contributed by atoms with Crippen LogP contribution in [0.5, 0.6) is 0 Å². The summed E-state index contributed by atoms with van der Waals surface area (Å²) in [6.07, 6.45) is 2.10. The van der Waals surface area contributed by atoms with Crippen LogP contribution in [-0.4, -0.2) is 35.7 Å². The fraction of sp³-hybridized carbons (Fsp3) is 0.600. The van der Waals surface area contributed by atoms with E-state index >= 15 is 0 Å². The molecule has 0 spiro atoms. The third-order valence-corrected chi connectivity index (χ3v) is 3.75. The molecule has 1 aliphatic carbocycles. The molecule has 0 aliphatic heterocycles. The number of benzene rings is 1. The summed E-state index contributed by atoms with van der Waals surface area (Å²) in [5.41, 5.74) is 3.05. The predicted octanol–water partition coefficient (Wildman–Crippen LogP) is 2.42. The van der Waals surface area contributed by atoms with Crippen molar-refractivity contribution in [3.05, 3.63) is 35.4 Å². The van der Waals surface area contributed by atoms with Gasteiger partial charge < -0.3 is 10.0 Å². The fourth-order valence-corrected chi connectivity index (χ4v) is 2.64. The van der Waals surface area contributed by atoms with Crippen LogP contribution in [0.15, 0.2) is 24.3 Å². The van der Waals surface area contributed by atoms with Gasteiger partial charge in [-0.1, -0.05) is 24.3 Å². The highest BCUT2D eigenvalue weighted by molar-refractivity contribution is 5.40. The number of nitrogens with zero attached hydrogens (tertiary/aromatic N) is 1. The minimum atomic E-state index is 0.296. The molecule has 0 amide bonds. The van der Waals surface area contributed by atoms with E-state index in [0.717, 1.165) is 19.5 Å². The van der Waals surface area contributed by atoms with Gasteiger partial charge >= 0.3 is 0 Å². The monoisotopic (exact) mass is 233 g/mol. The van der Waals surface area contributed by atoms with Gasteiger partial charge in [0, 0.05) is 31.7 Å². The maximum absolute atomic E-state index is 8.93. The standard InChI is InChI=1S/C15H23NO/c1-12(2)16(8-5-9-17)11-14-10-13-6-3-4-7-15(13)14/h3-4,6-7,12,14,17H,5,8-11H2,1-2H3. The van der Waals surface area contributed by atoms with Crippen LogP contribution in [-0.2, 0) is 6.42 Å². The molecule has 1 N–H and O–H groups in total. The number of aliphatic hydroxyl groups excluding tert-OH is 1. The van der Waals surface area contributed by atoms with E-state index in [9.17, 15) is 0 Å². The summed E-state index contributed by atoms with van der Waals surface area (Å²) in [5.74, 6) is 0.701. The molecule has 2 nitrogen and oxygen atoms in total. The Morgan fingerprint density at radius 3 is 2.76 bits per heavy atom. The topological polar surface area (TPSA) is 23.5 Å². The molecule has 2 rings (SSSR count). The molecule has 0 saturated heterocycles. The third kappa shape index (κ3) is 2.88. The van der Waals surface area contributed by atoms with E-state index in [4.69, 9.17) is 5.11 Å². The molecule has 0 radical (unpaired) electrons. The number of aliphatic hydroxyl groups is 1. The molecular formula is C15H23NO. The van der Waals surface area contributed by atoms with Crippen LogP contribution < -0.4 is 0 Å². The van der Waals surface area contributed by atoms with Gasteiger partial charge in [0.1, 0.15) is 0 Å². The van der Waals surface area contributed by atoms with Crippen molar-refractivity contribution < 1.29 is 5.11 Å². The second kappa shape index (κ2) is 5.65. The van der Waals surface area contributed by atoms with E-state index < -0.39 is 0 Å². The van der Waals surface area contributed by atoms with Gasteiger partial charge in [-0.15, -0.1) is 0 Å². The lowest BCUT2D eigenvalue weighted by Crippen LogP contribution is -2.38. The molecule has 1 atom stereocenters. The maximum atomic E-state index is 8.93. The van der Waals surface area contributed by atoms with Crippen LogP contribution in [0.1, 0.15) is 37.3 Å². The Morgan fingerprint density at radius 1 is 1.35 bits per heavy atom. The van der Waals surface area contributed by atoms with E-state index in [0.29, 0.717) is 18.6 Å². The molecule has 0 heterocycles. The van der Waals surface area contributed by atoms with Crippen molar-refractivity contribution in [2.75, 3.05) is 19.7 Å². The van der Waals surface area contributed by atoms with Crippen LogP contribution in [0, 0.1) is 0 Å². The summed E-state index contributed by atoms with van der Waals surface area (Å²) >= 11 is 0. The average Bonchev–Trinajstić information content (AvgIpc) is 2.29. The van der Waals surface area contributed by atoms with Gasteiger partial charge in [-0.2, -0.15) is 0 Å². The third-order valence-electron chi connectivity index (χ3n) is 3.75. The second-order valence-corrected chi connectivity index (χ2v) is 5.27. The molecule has 0 aromatic heterocycles. The van der Waals surface area contributed by atoms with E-state index in [2.05, 4.69) is 43.0 Å². The van der Waals surface area contributed by atoms with Crippen molar-refractivity contribution in [2.24, 2.45) is 0 Å². The lowest BCUT2D eigenvalue weighted by molar-refractivity contribution is 0.177. The summed E-state index contributed by atoms with van der Waals surface area (Å²) in [4.78, 5) is 2.48. The Bertz CT molecular complexity index is 362. The van der Waals surface area contributed by atoms with Crippen molar-refractivity contribution in [3.63, 3.8) is 0 Å². The van der Waals surface area contributed by atoms with Crippen molar-refractivity contribution in [1.29, 1.82) is 0 Å². The zero-order chi connectivity index (χ0) is 12.3. The number of fused-ring (bicyclic) bond motifs is 1. The van der Waals surface area contributed by atoms with Gasteiger partial charge in [0.15, 0.2) is 0 Å². The second-order valence-electron chi connectivity index (χ2n) is 5.27. The van der Waals surface area contributed by atoms with Crippen LogP contribution in [0.25, 0.3) is 0 Å². The molecule has 1 unspecified atom stereocenters. The van der Waals surface area contributed by atoms with E-state index in [1.165, 1.54) is 17.5 Å². The highest BCUT2D eigenvalue weighted by Gasteiger charge is 2.27. The van der Waals surface area contributed by atoms with Gasteiger partial charge in [0.25, 0.3) is 0 Å². The fourth-order valence-electron chi connectivity index (χ4n) is 2.64. The van der Waals surface area contributed by atoms with Crippen molar-refractivity contribution in [2.45, 2.75) is 38.6 Å². The zero-order valence-electron chi connectivity index (χ0n) is 10.9. The normalized spacial score (nSPS) is 18.3. The van der Waals surface area contributed by atoms with Gasteiger partial charge in [0.2, 0.25) is 0 Å². The summed E-state index contributed by atoms with van der Waals surface area (Å²) in [6.45, 7) is 6.91. The van der Waals surface area contributed by atoms with Crippen LogP contribution >= 0.6 is 0 Å². The summed E-state index contributed by atoms with van der Waals surface area (Å²) in [6, 6.07) is 9.32. The molecule has 0 bridgehead atoms. The van der Waals surface area contributed by atoms with Gasteiger partial charge in [-0.3, -0.25) is 0 Å². The summed E-state index contributed by atoms with van der Waals surface area (Å²) in [7, 11) is 0. The summed E-state index contributed by atoms with van der Waals surface area (Å²) in [5, 5.41) is 8.93. The first-order chi connectivity index (χ1) is 8.22. The highest BCUT2D eigenvalue weighted by atomic mass is 16.3. The first-order valence-corrected chi connectivity index (χ1v) is 6.65. The Morgan fingerprint density at radius 2 is 2.12 bits per heavy atom. The van der Waals surface area contributed by atoms with Crippen molar-refractivity contribution in [3.8, 4) is 0 Å². The predicted molar refractivity (Wildman–Crippen MR) is 71.3 cm³/mol. The quantitative estimate of drug-likeness (QED) is 0.815. The largest absolute Gasteiger partial charge is 0.396 e. The molecule has 1 aromatic carbocycles. The first-order valence-electron chi connectivity index (χ1n) is 6.65. The zero-order valence-corrected chi connectivity index (χ0v) is 10.9. The Kier molecular flexibility index (Phi) is 4.19. The van der Waals surface area contributed by atoms with Crippen molar-refractivity contribution in [1.82, 2.24) is 4.90 Å². The first kappa shape index (κ1) is 12.6. The van der Waals surface area contributed by atoms with Gasteiger partial charge in [-0.25, -0.2) is 0 Å². The van der Waals surface area contributed by atoms with Crippen LogP contribution in [0.4, 0.5) is 0 Å².